The Morgan fingerprint density at radius 2 is 2.06 bits per heavy atom. The van der Waals surface area contributed by atoms with Crippen LogP contribution in [0.5, 0.6) is 11.5 Å². The number of nitrogens with two attached hydrogens (primary N) is 1. The van der Waals surface area contributed by atoms with E-state index in [-0.39, 0.29) is 6.42 Å². The van der Waals surface area contributed by atoms with Gasteiger partial charge >= 0.3 is 5.97 Å². The minimum absolute atomic E-state index is 0.260. The highest BCUT2D eigenvalue weighted by molar-refractivity contribution is 5.73. The van der Waals surface area contributed by atoms with Gasteiger partial charge in [-0.25, -0.2) is 0 Å². The number of carboxylic acid groups (broad SMARTS) is 1. The van der Waals surface area contributed by atoms with Crippen LogP contribution in [0.4, 0.5) is 0 Å². The summed E-state index contributed by atoms with van der Waals surface area (Å²) < 4.78 is 10.4. The predicted molar refractivity (Wildman–Crippen MR) is 63.6 cm³/mol. The smallest absolute Gasteiger partial charge is 0.320 e. The van der Waals surface area contributed by atoms with E-state index in [1.54, 1.807) is 13.2 Å². The Kier molecular flexibility index (Phi) is 4.34. The van der Waals surface area contributed by atoms with Crippen LogP contribution in [0.3, 0.4) is 0 Å². The second-order valence-electron chi connectivity index (χ2n) is 3.80. The van der Waals surface area contributed by atoms with Crippen molar-refractivity contribution in [1.29, 1.82) is 0 Å². The molecule has 0 aromatic heterocycles. The fourth-order valence-electron chi connectivity index (χ4n) is 1.69. The fraction of sp³-hybridized carbons (Fsp3) is 0.417. The third kappa shape index (κ3) is 3.10. The Morgan fingerprint density at radius 3 is 2.53 bits per heavy atom. The third-order valence-corrected chi connectivity index (χ3v) is 2.50. The quantitative estimate of drug-likeness (QED) is 0.800. The van der Waals surface area contributed by atoms with E-state index >= 15 is 0 Å². The number of hydrogen-bond acceptors (Lipinski definition) is 4. The lowest BCUT2D eigenvalue weighted by Crippen LogP contribution is -2.32. The highest BCUT2D eigenvalue weighted by atomic mass is 16.5. The monoisotopic (exact) mass is 239 g/mol. The molecule has 1 atom stereocenters. The van der Waals surface area contributed by atoms with Crippen molar-refractivity contribution in [1.82, 2.24) is 0 Å². The van der Waals surface area contributed by atoms with Gasteiger partial charge in [-0.1, -0.05) is 6.07 Å². The first-order chi connectivity index (χ1) is 7.99. The molecule has 94 valence electrons. The van der Waals surface area contributed by atoms with E-state index in [2.05, 4.69) is 0 Å². The lowest BCUT2D eigenvalue weighted by molar-refractivity contribution is -0.138. The maximum Gasteiger partial charge on any atom is 0.320 e. The SMILES string of the molecule is COc1cc(CC(N)C(=O)O)cc(C)c1OC. The molecule has 5 nitrogen and oxygen atoms in total. The van der Waals surface area contributed by atoms with Gasteiger partial charge in [-0.15, -0.1) is 0 Å². The fourth-order valence-corrected chi connectivity index (χ4v) is 1.69. The Balaban J connectivity index is 3.03. The molecule has 0 aliphatic heterocycles. The molecule has 1 aromatic rings. The van der Waals surface area contributed by atoms with Crippen LogP contribution in [0.25, 0.3) is 0 Å². The van der Waals surface area contributed by atoms with Crippen LogP contribution in [0, 0.1) is 6.92 Å². The Hall–Kier alpha value is -1.75. The molecule has 0 spiro atoms. The molecule has 5 heteroatoms. The van der Waals surface area contributed by atoms with Crippen molar-refractivity contribution in [3.63, 3.8) is 0 Å². The van der Waals surface area contributed by atoms with Gasteiger partial charge in [0.2, 0.25) is 0 Å². The van der Waals surface area contributed by atoms with E-state index in [4.69, 9.17) is 20.3 Å². The highest BCUT2D eigenvalue weighted by Gasteiger charge is 2.15. The topological polar surface area (TPSA) is 81.8 Å². The summed E-state index contributed by atoms with van der Waals surface area (Å²) in [5, 5.41) is 8.76. The third-order valence-electron chi connectivity index (χ3n) is 2.50. The van der Waals surface area contributed by atoms with Gasteiger partial charge < -0.3 is 20.3 Å². The van der Waals surface area contributed by atoms with Crippen LogP contribution in [-0.2, 0) is 11.2 Å². The van der Waals surface area contributed by atoms with Crippen molar-refractivity contribution < 1.29 is 19.4 Å². The molecule has 0 radical (unpaired) electrons. The Morgan fingerprint density at radius 1 is 1.41 bits per heavy atom. The van der Waals surface area contributed by atoms with Crippen LogP contribution in [0.15, 0.2) is 12.1 Å². The van der Waals surface area contributed by atoms with Gasteiger partial charge in [0.25, 0.3) is 0 Å². The summed E-state index contributed by atoms with van der Waals surface area (Å²) in [6, 6.07) is 2.69. The molecule has 0 aliphatic rings. The van der Waals surface area contributed by atoms with Crippen molar-refractivity contribution in [2.45, 2.75) is 19.4 Å². The normalized spacial score (nSPS) is 12.0. The molecule has 17 heavy (non-hydrogen) atoms. The van der Waals surface area contributed by atoms with E-state index in [1.807, 2.05) is 13.0 Å². The molecule has 0 saturated heterocycles. The van der Waals surface area contributed by atoms with E-state index in [1.165, 1.54) is 7.11 Å². The number of aryl methyl sites for hydroxylation is 1. The number of rotatable bonds is 5. The average molecular weight is 239 g/mol. The van der Waals surface area contributed by atoms with Gasteiger partial charge in [0.1, 0.15) is 6.04 Å². The molecule has 1 aromatic carbocycles. The van der Waals surface area contributed by atoms with Gasteiger partial charge in [-0.3, -0.25) is 4.79 Å². The van der Waals surface area contributed by atoms with Crippen LogP contribution in [-0.4, -0.2) is 31.3 Å². The summed E-state index contributed by atoms with van der Waals surface area (Å²) in [7, 11) is 3.10. The second kappa shape index (κ2) is 5.54. The zero-order valence-corrected chi connectivity index (χ0v) is 10.2. The zero-order valence-electron chi connectivity index (χ0n) is 10.2. The van der Waals surface area contributed by atoms with Gasteiger partial charge in [-0.2, -0.15) is 0 Å². The number of carboxylic acids is 1. The molecule has 1 rings (SSSR count). The highest BCUT2D eigenvalue weighted by Crippen LogP contribution is 2.32. The van der Waals surface area contributed by atoms with Crippen molar-refractivity contribution in [3.05, 3.63) is 23.3 Å². The van der Waals surface area contributed by atoms with Crippen molar-refractivity contribution in [3.8, 4) is 11.5 Å². The molecular formula is C12H17NO4. The number of methoxy groups -OCH3 is 2. The first-order valence-corrected chi connectivity index (χ1v) is 5.19. The number of carbonyl (C=O) groups is 1. The number of ether oxygens (including phenoxy) is 2. The van der Waals surface area contributed by atoms with Gasteiger partial charge in [0.05, 0.1) is 14.2 Å². The zero-order chi connectivity index (χ0) is 13.0. The van der Waals surface area contributed by atoms with E-state index < -0.39 is 12.0 Å². The maximum absolute atomic E-state index is 10.7. The van der Waals surface area contributed by atoms with E-state index in [0.29, 0.717) is 11.5 Å². The van der Waals surface area contributed by atoms with Gasteiger partial charge in [-0.05, 0) is 30.5 Å². The van der Waals surface area contributed by atoms with Crippen molar-refractivity contribution >= 4 is 5.97 Å². The summed E-state index contributed by atoms with van der Waals surface area (Å²) in [5.74, 6) is 0.220. The summed E-state index contributed by atoms with van der Waals surface area (Å²) in [6.07, 6.45) is 0.260. The maximum atomic E-state index is 10.7. The van der Waals surface area contributed by atoms with Crippen LogP contribution >= 0.6 is 0 Å². The molecule has 0 heterocycles. The Bertz CT molecular complexity index is 417. The molecule has 0 saturated carbocycles. The molecule has 1 unspecified atom stereocenters. The molecule has 0 aliphatic carbocycles. The number of hydrogen-bond donors (Lipinski definition) is 2. The Labute approximate surface area is 100 Å². The van der Waals surface area contributed by atoms with Gasteiger partial charge in [0, 0.05) is 0 Å². The first kappa shape index (κ1) is 13.3. The second-order valence-corrected chi connectivity index (χ2v) is 3.80. The van der Waals surface area contributed by atoms with Crippen molar-refractivity contribution in [2.24, 2.45) is 5.73 Å². The largest absolute Gasteiger partial charge is 0.493 e. The summed E-state index contributed by atoms with van der Waals surface area (Å²) >= 11 is 0. The minimum Gasteiger partial charge on any atom is -0.493 e. The summed E-state index contributed by atoms with van der Waals surface area (Å²) in [4.78, 5) is 10.7. The van der Waals surface area contributed by atoms with Crippen LogP contribution in [0.1, 0.15) is 11.1 Å². The molecule has 3 N–H and O–H groups in total. The van der Waals surface area contributed by atoms with E-state index in [9.17, 15) is 4.79 Å². The summed E-state index contributed by atoms with van der Waals surface area (Å²) in [6.45, 7) is 1.87. The molecule has 0 amide bonds. The molecular weight excluding hydrogens is 222 g/mol. The van der Waals surface area contributed by atoms with Crippen LogP contribution < -0.4 is 15.2 Å². The van der Waals surface area contributed by atoms with Crippen LogP contribution in [0.2, 0.25) is 0 Å². The van der Waals surface area contributed by atoms with E-state index in [0.717, 1.165) is 11.1 Å². The lowest BCUT2D eigenvalue weighted by Gasteiger charge is -2.14. The van der Waals surface area contributed by atoms with Crippen molar-refractivity contribution in [2.75, 3.05) is 14.2 Å². The lowest BCUT2D eigenvalue weighted by atomic mass is 10.0. The first-order valence-electron chi connectivity index (χ1n) is 5.19. The standard InChI is InChI=1S/C12H17NO4/c1-7-4-8(5-9(13)12(14)15)6-10(16-2)11(7)17-3/h4,6,9H,5,13H2,1-3H3,(H,14,15). The number of aliphatic carboxylic acids is 1. The number of benzene rings is 1. The average Bonchev–Trinajstić information content (AvgIpc) is 2.27. The minimum atomic E-state index is -1.02. The predicted octanol–water partition coefficient (Wildman–Crippen LogP) is 0.967. The van der Waals surface area contributed by atoms with Gasteiger partial charge in [0.15, 0.2) is 11.5 Å². The summed E-state index contributed by atoms with van der Waals surface area (Å²) in [5.41, 5.74) is 7.19. The molecule has 0 fully saturated rings. The molecule has 0 bridgehead atoms.